The van der Waals surface area contributed by atoms with E-state index in [1.165, 1.54) is 43.4 Å². The summed E-state index contributed by atoms with van der Waals surface area (Å²) in [5, 5.41) is 8.06. The molecule has 5 rings (SSSR count). The molecule has 0 saturated heterocycles. The minimum Gasteiger partial charge on any atom is -0.0622 e. The summed E-state index contributed by atoms with van der Waals surface area (Å²) in [5.41, 5.74) is 2.56. The largest absolute Gasteiger partial charge is 0.0622 e. The molecule has 0 fully saturated rings. The van der Waals surface area contributed by atoms with Crippen LogP contribution in [0.5, 0.6) is 0 Å². The molecule has 0 aliphatic carbocycles. The highest BCUT2D eigenvalue weighted by molar-refractivity contribution is 6.23. The number of benzene rings is 5. The van der Waals surface area contributed by atoms with Gasteiger partial charge in [0.05, 0.1) is 0 Å². The van der Waals surface area contributed by atoms with E-state index in [4.69, 9.17) is 0 Å². The molecule has 0 radical (unpaired) electrons. The van der Waals surface area contributed by atoms with Gasteiger partial charge in [0.15, 0.2) is 0 Å². The van der Waals surface area contributed by atoms with Gasteiger partial charge in [-0.3, -0.25) is 0 Å². The van der Waals surface area contributed by atoms with Crippen molar-refractivity contribution in [3.05, 3.63) is 84.9 Å². The lowest BCUT2D eigenvalue weighted by atomic mass is 9.91. The SMILES string of the molecule is c1ccc(-c2cc3ccc4cccc5ccc(c2)c3c45)cc1. The Kier molecular flexibility index (Phi) is 2.31. The van der Waals surface area contributed by atoms with Crippen molar-refractivity contribution < 1.29 is 0 Å². The monoisotopic (exact) mass is 278 g/mol. The Morgan fingerprint density at radius 1 is 0.364 bits per heavy atom. The van der Waals surface area contributed by atoms with Crippen LogP contribution >= 0.6 is 0 Å². The van der Waals surface area contributed by atoms with Gasteiger partial charge in [-0.25, -0.2) is 0 Å². The van der Waals surface area contributed by atoms with Crippen molar-refractivity contribution in [2.24, 2.45) is 0 Å². The average Bonchev–Trinajstić information content (AvgIpc) is 2.60. The molecular weight excluding hydrogens is 264 g/mol. The molecule has 5 aromatic carbocycles. The van der Waals surface area contributed by atoms with Gasteiger partial charge in [-0.2, -0.15) is 0 Å². The maximum atomic E-state index is 2.31. The summed E-state index contributed by atoms with van der Waals surface area (Å²) in [6.45, 7) is 0. The summed E-state index contributed by atoms with van der Waals surface area (Å²) in [7, 11) is 0. The topological polar surface area (TPSA) is 0 Å². The quantitative estimate of drug-likeness (QED) is 0.318. The fourth-order valence-corrected chi connectivity index (χ4v) is 3.55. The van der Waals surface area contributed by atoms with Gasteiger partial charge in [0.1, 0.15) is 0 Å². The molecule has 0 bridgehead atoms. The summed E-state index contributed by atoms with van der Waals surface area (Å²) in [4.78, 5) is 0. The van der Waals surface area contributed by atoms with Crippen LogP contribution in [0.1, 0.15) is 0 Å². The van der Waals surface area contributed by atoms with E-state index in [1.54, 1.807) is 0 Å². The van der Waals surface area contributed by atoms with Crippen molar-refractivity contribution in [3.63, 3.8) is 0 Å². The second-order valence-electron chi connectivity index (χ2n) is 5.87. The van der Waals surface area contributed by atoms with E-state index in [9.17, 15) is 0 Å². The third kappa shape index (κ3) is 1.58. The summed E-state index contributed by atoms with van der Waals surface area (Å²) >= 11 is 0. The average molecular weight is 278 g/mol. The van der Waals surface area contributed by atoms with Crippen LogP contribution in [0.2, 0.25) is 0 Å². The normalized spacial score (nSPS) is 11.6. The van der Waals surface area contributed by atoms with Gasteiger partial charge in [-0.05, 0) is 55.6 Å². The smallest absolute Gasteiger partial charge is 0.00264 e. The van der Waals surface area contributed by atoms with Gasteiger partial charge in [0.2, 0.25) is 0 Å². The minimum atomic E-state index is 1.27. The van der Waals surface area contributed by atoms with Crippen molar-refractivity contribution >= 4 is 32.3 Å². The van der Waals surface area contributed by atoms with Crippen molar-refractivity contribution in [1.29, 1.82) is 0 Å². The molecule has 0 N–H and O–H groups in total. The van der Waals surface area contributed by atoms with Gasteiger partial charge in [-0.1, -0.05) is 72.8 Å². The Balaban J connectivity index is 1.95. The lowest BCUT2D eigenvalue weighted by Crippen LogP contribution is -1.85. The second-order valence-corrected chi connectivity index (χ2v) is 5.87. The summed E-state index contributed by atoms with van der Waals surface area (Å²) in [6, 6.07) is 30.7. The Hall–Kier alpha value is -2.86. The van der Waals surface area contributed by atoms with Crippen molar-refractivity contribution in [2.45, 2.75) is 0 Å². The third-order valence-corrected chi connectivity index (χ3v) is 4.57. The lowest BCUT2D eigenvalue weighted by Gasteiger charge is -2.12. The van der Waals surface area contributed by atoms with Crippen LogP contribution in [0.15, 0.2) is 84.9 Å². The van der Waals surface area contributed by atoms with Crippen LogP contribution < -0.4 is 0 Å². The first-order valence-electron chi connectivity index (χ1n) is 7.63. The van der Waals surface area contributed by atoms with E-state index in [-0.39, 0.29) is 0 Å². The number of hydrogen-bond donors (Lipinski definition) is 0. The van der Waals surface area contributed by atoms with Crippen molar-refractivity contribution in [2.75, 3.05) is 0 Å². The first-order chi connectivity index (χ1) is 10.9. The zero-order chi connectivity index (χ0) is 14.5. The predicted molar refractivity (Wildman–Crippen MR) is 95.6 cm³/mol. The summed E-state index contributed by atoms with van der Waals surface area (Å²) < 4.78 is 0. The van der Waals surface area contributed by atoms with Crippen LogP contribution in [0.25, 0.3) is 43.4 Å². The Morgan fingerprint density at radius 2 is 0.909 bits per heavy atom. The standard InChI is InChI=1S/C22H14/c1-2-5-15(6-3-1)20-13-18-11-9-16-7-4-8-17-10-12-19(14-20)22(18)21(16)17/h1-14H. The van der Waals surface area contributed by atoms with Gasteiger partial charge in [0.25, 0.3) is 0 Å². The van der Waals surface area contributed by atoms with Crippen molar-refractivity contribution in [1.82, 2.24) is 0 Å². The first kappa shape index (κ1) is 11.8. The molecular formula is C22H14. The molecule has 0 aliphatic rings. The zero-order valence-electron chi connectivity index (χ0n) is 12.1. The van der Waals surface area contributed by atoms with E-state index in [0.717, 1.165) is 0 Å². The van der Waals surface area contributed by atoms with Crippen LogP contribution in [0.4, 0.5) is 0 Å². The maximum Gasteiger partial charge on any atom is -0.00264 e. The highest BCUT2D eigenvalue weighted by Gasteiger charge is 2.09. The van der Waals surface area contributed by atoms with Crippen molar-refractivity contribution in [3.8, 4) is 11.1 Å². The van der Waals surface area contributed by atoms with Gasteiger partial charge >= 0.3 is 0 Å². The molecule has 0 nitrogen and oxygen atoms in total. The Bertz CT molecular complexity index is 1040. The third-order valence-electron chi connectivity index (χ3n) is 4.57. The van der Waals surface area contributed by atoms with Gasteiger partial charge in [0, 0.05) is 0 Å². The second kappa shape index (κ2) is 4.32. The van der Waals surface area contributed by atoms with Crippen LogP contribution in [-0.2, 0) is 0 Å². The molecule has 0 heteroatoms. The molecule has 0 unspecified atom stereocenters. The van der Waals surface area contributed by atoms with E-state index in [2.05, 4.69) is 84.9 Å². The van der Waals surface area contributed by atoms with E-state index in [1.807, 2.05) is 0 Å². The van der Waals surface area contributed by atoms with E-state index < -0.39 is 0 Å². The highest BCUT2D eigenvalue weighted by atomic mass is 14.1. The summed E-state index contributed by atoms with van der Waals surface area (Å²) in [5.74, 6) is 0. The summed E-state index contributed by atoms with van der Waals surface area (Å²) in [6.07, 6.45) is 0. The van der Waals surface area contributed by atoms with Crippen LogP contribution in [-0.4, -0.2) is 0 Å². The Morgan fingerprint density at radius 3 is 1.55 bits per heavy atom. The fraction of sp³-hybridized carbons (Fsp3) is 0. The molecule has 5 aromatic rings. The molecule has 0 amide bonds. The predicted octanol–water partition coefficient (Wildman–Crippen LogP) is 6.25. The molecule has 0 aromatic heterocycles. The lowest BCUT2D eigenvalue weighted by molar-refractivity contribution is 1.66. The number of hydrogen-bond acceptors (Lipinski definition) is 0. The first-order valence-corrected chi connectivity index (χ1v) is 7.63. The molecule has 102 valence electrons. The minimum absolute atomic E-state index is 1.27. The molecule has 22 heavy (non-hydrogen) atoms. The zero-order valence-corrected chi connectivity index (χ0v) is 12.1. The van der Waals surface area contributed by atoms with Crippen LogP contribution in [0.3, 0.4) is 0 Å². The van der Waals surface area contributed by atoms with E-state index in [0.29, 0.717) is 0 Å². The highest BCUT2D eigenvalue weighted by Crippen LogP contribution is 2.37. The van der Waals surface area contributed by atoms with E-state index >= 15 is 0 Å². The molecule has 0 aliphatic heterocycles. The molecule has 0 atom stereocenters. The fourth-order valence-electron chi connectivity index (χ4n) is 3.55. The van der Waals surface area contributed by atoms with Gasteiger partial charge in [-0.15, -0.1) is 0 Å². The maximum absolute atomic E-state index is 2.31. The molecule has 0 heterocycles. The Labute approximate surface area is 129 Å². The number of rotatable bonds is 1. The molecule has 0 saturated carbocycles. The molecule has 0 spiro atoms. The van der Waals surface area contributed by atoms with Gasteiger partial charge < -0.3 is 0 Å². The van der Waals surface area contributed by atoms with Crippen LogP contribution in [0, 0.1) is 0 Å².